The van der Waals surface area contributed by atoms with Gasteiger partial charge in [-0.05, 0) is 12.1 Å². The molecule has 0 amide bonds. The smallest absolute Gasteiger partial charge is 0.159 e. The summed E-state index contributed by atoms with van der Waals surface area (Å²) in [7, 11) is 0. The molecule has 0 unspecified atom stereocenters. The van der Waals surface area contributed by atoms with Crippen LogP contribution >= 0.6 is 0 Å². The van der Waals surface area contributed by atoms with E-state index in [-0.39, 0.29) is 0 Å². The van der Waals surface area contributed by atoms with Crippen LogP contribution in [0.15, 0.2) is 48.5 Å². The van der Waals surface area contributed by atoms with Gasteiger partial charge >= 0.3 is 0 Å². The second-order valence-corrected chi connectivity index (χ2v) is 6.09. The van der Waals surface area contributed by atoms with Crippen LogP contribution in [0.3, 0.4) is 0 Å². The van der Waals surface area contributed by atoms with E-state index in [1.165, 1.54) is 22.6 Å². The Morgan fingerprint density at radius 1 is 0.682 bits per heavy atom. The molecule has 1 aliphatic heterocycles. The molecule has 116 valence electrons. The summed E-state index contributed by atoms with van der Waals surface area (Å²) in [6, 6.07) is 14.8. The third kappa shape index (κ3) is 3.90. The number of quaternary nitrogens is 2. The van der Waals surface area contributed by atoms with Gasteiger partial charge in [-0.3, -0.25) is 0 Å². The lowest BCUT2D eigenvalue weighted by atomic mass is 10.1. The van der Waals surface area contributed by atoms with E-state index in [4.69, 9.17) is 0 Å². The van der Waals surface area contributed by atoms with E-state index in [1.807, 2.05) is 6.07 Å². The van der Waals surface area contributed by atoms with Crippen LogP contribution < -0.4 is 9.80 Å². The lowest BCUT2D eigenvalue weighted by Crippen LogP contribution is -3.27. The van der Waals surface area contributed by atoms with Crippen LogP contribution in [0.25, 0.3) is 0 Å². The number of benzene rings is 2. The number of hydrogen-bond acceptors (Lipinski definition) is 0. The average molecular weight is 304 g/mol. The van der Waals surface area contributed by atoms with Gasteiger partial charge in [0, 0.05) is 11.1 Å². The summed E-state index contributed by atoms with van der Waals surface area (Å²) in [6.07, 6.45) is 0. The van der Waals surface area contributed by atoms with E-state index in [0.717, 1.165) is 44.8 Å². The van der Waals surface area contributed by atoms with Gasteiger partial charge in [-0.25, -0.2) is 8.78 Å². The van der Waals surface area contributed by atoms with Crippen molar-refractivity contribution < 1.29 is 18.6 Å². The zero-order valence-corrected chi connectivity index (χ0v) is 12.6. The highest BCUT2D eigenvalue weighted by atomic mass is 19.2. The zero-order valence-electron chi connectivity index (χ0n) is 12.6. The Balaban J connectivity index is 1.50. The van der Waals surface area contributed by atoms with Crippen molar-refractivity contribution in [2.45, 2.75) is 13.1 Å². The SMILES string of the molecule is Fc1ccc(C[NH+]2CC[NH+](Cc3ccccc3)CC2)cc1F. The highest BCUT2D eigenvalue weighted by Crippen LogP contribution is 2.07. The molecule has 0 spiro atoms. The Morgan fingerprint density at radius 2 is 1.27 bits per heavy atom. The normalized spacial score (nSPS) is 21.7. The number of nitrogens with one attached hydrogen (secondary N) is 2. The molecule has 1 aliphatic rings. The molecule has 4 heteroatoms. The van der Waals surface area contributed by atoms with Gasteiger partial charge in [0.2, 0.25) is 0 Å². The van der Waals surface area contributed by atoms with Crippen molar-refractivity contribution in [3.05, 3.63) is 71.3 Å². The molecule has 1 saturated heterocycles. The fourth-order valence-electron chi connectivity index (χ4n) is 3.13. The maximum atomic E-state index is 13.2. The van der Waals surface area contributed by atoms with Crippen molar-refractivity contribution in [2.24, 2.45) is 0 Å². The van der Waals surface area contributed by atoms with Crippen molar-refractivity contribution >= 4 is 0 Å². The summed E-state index contributed by atoms with van der Waals surface area (Å²) in [6.45, 7) is 6.22. The van der Waals surface area contributed by atoms with Crippen molar-refractivity contribution in [2.75, 3.05) is 26.2 Å². The van der Waals surface area contributed by atoms with Gasteiger partial charge in [0.15, 0.2) is 11.6 Å². The van der Waals surface area contributed by atoms with Gasteiger partial charge in [0.1, 0.15) is 39.3 Å². The number of piperazine rings is 1. The van der Waals surface area contributed by atoms with Crippen LogP contribution in [-0.4, -0.2) is 26.2 Å². The Hall–Kier alpha value is -1.78. The van der Waals surface area contributed by atoms with Crippen LogP contribution in [-0.2, 0) is 13.1 Å². The summed E-state index contributed by atoms with van der Waals surface area (Å²) in [5.41, 5.74) is 2.25. The standard InChI is InChI=1S/C18H20F2N2/c19-17-7-6-16(12-18(17)20)14-22-10-8-21(9-11-22)13-15-4-2-1-3-5-15/h1-7,12H,8-11,13-14H2/p+2. The first-order valence-electron chi connectivity index (χ1n) is 7.86. The summed E-state index contributed by atoms with van der Waals surface area (Å²) < 4.78 is 26.2. The monoisotopic (exact) mass is 304 g/mol. The first-order valence-corrected chi connectivity index (χ1v) is 7.86. The highest BCUT2D eigenvalue weighted by Gasteiger charge is 2.23. The van der Waals surface area contributed by atoms with Crippen LogP contribution in [0.5, 0.6) is 0 Å². The molecule has 3 rings (SSSR count). The molecule has 22 heavy (non-hydrogen) atoms. The minimum Gasteiger partial charge on any atom is -0.322 e. The highest BCUT2D eigenvalue weighted by molar-refractivity contribution is 5.16. The number of rotatable bonds is 4. The van der Waals surface area contributed by atoms with Gasteiger partial charge in [-0.15, -0.1) is 0 Å². The quantitative estimate of drug-likeness (QED) is 0.812. The van der Waals surface area contributed by atoms with Crippen molar-refractivity contribution in [1.29, 1.82) is 0 Å². The van der Waals surface area contributed by atoms with E-state index in [2.05, 4.69) is 24.3 Å². The van der Waals surface area contributed by atoms with Crippen LogP contribution in [0.4, 0.5) is 8.78 Å². The lowest BCUT2D eigenvalue weighted by Gasteiger charge is -2.29. The number of halogens is 2. The van der Waals surface area contributed by atoms with E-state index < -0.39 is 11.6 Å². The predicted molar refractivity (Wildman–Crippen MR) is 81.6 cm³/mol. The van der Waals surface area contributed by atoms with Crippen molar-refractivity contribution in [3.63, 3.8) is 0 Å². The fraction of sp³-hybridized carbons (Fsp3) is 0.333. The molecule has 2 aromatic carbocycles. The van der Waals surface area contributed by atoms with Gasteiger partial charge in [0.05, 0.1) is 0 Å². The minimum absolute atomic E-state index is 0.745. The molecule has 0 atom stereocenters. The van der Waals surface area contributed by atoms with E-state index in [9.17, 15) is 8.78 Å². The van der Waals surface area contributed by atoms with E-state index >= 15 is 0 Å². The largest absolute Gasteiger partial charge is 0.322 e. The van der Waals surface area contributed by atoms with Gasteiger partial charge in [-0.1, -0.05) is 36.4 Å². The van der Waals surface area contributed by atoms with Crippen molar-refractivity contribution in [1.82, 2.24) is 0 Å². The molecule has 2 aromatic rings. The fourth-order valence-corrected chi connectivity index (χ4v) is 3.13. The lowest BCUT2D eigenvalue weighted by molar-refractivity contribution is -1.02. The molecule has 0 bridgehead atoms. The van der Waals surface area contributed by atoms with Gasteiger partial charge < -0.3 is 9.80 Å². The van der Waals surface area contributed by atoms with Crippen LogP contribution in [0.1, 0.15) is 11.1 Å². The molecule has 1 heterocycles. The Labute approximate surface area is 130 Å². The van der Waals surface area contributed by atoms with E-state index in [0.29, 0.717) is 0 Å². The Morgan fingerprint density at radius 3 is 1.86 bits per heavy atom. The molecule has 0 aliphatic carbocycles. The zero-order chi connectivity index (χ0) is 15.4. The molecule has 2 N–H and O–H groups in total. The predicted octanol–water partition coefficient (Wildman–Crippen LogP) is 0.448. The van der Waals surface area contributed by atoms with Crippen molar-refractivity contribution in [3.8, 4) is 0 Å². The topological polar surface area (TPSA) is 8.88 Å². The number of hydrogen-bond donors (Lipinski definition) is 2. The molecule has 0 saturated carbocycles. The van der Waals surface area contributed by atoms with E-state index in [1.54, 1.807) is 11.0 Å². The third-order valence-electron chi connectivity index (χ3n) is 4.40. The Kier molecular flexibility index (Phi) is 4.80. The molecule has 1 fully saturated rings. The first-order chi connectivity index (χ1) is 10.7. The first kappa shape index (κ1) is 15.1. The van der Waals surface area contributed by atoms with Crippen LogP contribution in [0, 0.1) is 11.6 Å². The molecule has 2 nitrogen and oxygen atoms in total. The van der Waals surface area contributed by atoms with Crippen LogP contribution in [0.2, 0.25) is 0 Å². The minimum atomic E-state index is -0.768. The third-order valence-corrected chi connectivity index (χ3v) is 4.40. The second kappa shape index (κ2) is 6.99. The summed E-state index contributed by atoms with van der Waals surface area (Å²) in [5.74, 6) is -1.51. The summed E-state index contributed by atoms with van der Waals surface area (Å²) in [5, 5.41) is 0. The molecular weight excluding hydrogens is 282 g/mol. The molecular formula is C18H22F2N2+2. The molecule has 0 radical (unpaired) electrons. The second-order valence-electron chi connectivity index (χ2n) is 6.09. The molecule has 0 aromatic heterocycles. The summed E-state index contributed by atoms with van der Waals surface area (Å²) >= 11 is 0. The maximum absolute atomic E-state index is 13.2. The van der Waals surface area contributed by atoms with Gasteiger partial charge in [0.25, 0.3) is 0 Å². The Bertz CT molecular complexity index is 608. The average Bonchev–Trinajstić information content (AvgIpc) is 2.54. The van der Waals surface area contributed by atoms with Gasteiger partial charge in [-0.2, -0.15) is 0 Å². The maximum Gasteiger partial charge on any atom is 0.159 e. The summed E-state index contributed by atoms with van der Waals surface area (Å²) in [4.78, 5) is 3.04.